The highest BCUT2D eigenvalue weighted by Gasteiger charge is 2.02. The Hall–Kier alpha value is -1.39. The average molecular weight is 233 g/mol. The van der Waals surface area contributed by atoms with Crippen molar-refractivity contribution in [1.29, 1.82) is 0 Å². The van der Waals surface area contributed by atoms with Crippen molar-refractivity contribution < 1.29 is 4.74 Å². The second kappa shape index (κ2) is 5.80. The third-order valence-electron chi connectivity index (χ3n) is 2.55. The Morgan fingerprint density at radius 1 is 1.41 bits per heavy atom. The van der Waals surface area contributed by atoms with Crippen molar-refractivity contribution in [3.63, 3.8) is 0 Å². The first kappa shape index (κ1) is 12.1. The molecule has 0 amide bonds. The number of ether oxygens (including phenoxy) is 1. The molecule has 0 fully saturated rings. The predicted molar refractivity (Wildman–Crippen MR) is 68.0 cm³/mol. The van der Waals surface area contributed by atoms with Crippen molar-refractivity contribution in [3.05, 3.63) is 36.2 Å². The quantitative estimate of drug-likeness (QED) is 0.774. The average Bonchev–Trinajstić information content (AvgIpc) is 2.72. The van der Waals surface area contributed by atoms with Gasteiger partial charge in [-0.05, 0) is 26.0 Å². The summed E-state index contributed by atoms with van der Waals surface area (Å²) in [6.07, 6.45) is 4.17. The van der Waals surface area contributed by atoms with E-state index in [1.54, 1.807) is 0 Å². The minimum atomic E-state index is 0.300. The van der Waals surface area contributed by atoms with Crippen LogP contribution >= 0.6 is 0 Å². The van der Waals surface area contributed by atoms with Gasteiger partial charge in [0.15, 0.2) is 0 Å². The van der Waals surface area contributed by atoms with Crippen LogP contribution in [0, 0.1) is 0 Å². The number of nitrogens with one attached hydrogen (secondary N) is 1. The van der Waals surface area contributed by atoms with E-state index in [1.165, 1.54) is 5.56 Å². The molecule has 4 heteroatoms. The van der Waals surface area contributed by atoms with Crippen molar-refractivity contribution in [2.24, 2.45) is 0 Å². The lowest BCUT2D eigenvalue weighted by atomic mass is 10.2. The molecule has 0 aliphatic carbocycles. The minimum absolute atomic E-state index is 0.300. The first-order valence-electron chi connectivity index (χ1n) is 6.01. The molecule has 2 heterocycles. The summed E-state index contributed by atoms with van der Waals surface area (Å²) in [4.78, 5) is 0. The maximum atomic E-state index is 5.47. The van der Waals surface area contributed by atoms with E-state index in [2.05, 4.69) is 16.5 Å². The van der Waals surface area contributed by atoms with Crippen LogP contribution in [-0.2, 0) is 11.3 Å². The SMILES string of the molecule is CC(C)OCCNCc1cnn2ccccc12. The zero-order valence-corrected chi connectivity index (χ0v) is 10.4. The highest BCUT2D eigenvalue weighted by Crippen LogP contribution is 2.08. The molecule has 92 valence electrons. The molecule has 0 saturated heterocycles. The third-order valence-corrected chi connectivity index (χ3v) is 2.55. The predicted octanol–water partition coefficient (Wildman–Crippen LogP) is 1.85. The standard InChI is InChI=1S/C13H19N3O/c1-11(2)17-8-6-14-9-12-10-15-16-7-4-3-5-13(12)16/h3-5,7,10-11,14H,6,8-9H2,1-2H3. The van der Waals surface area contributed by atoms with Gasteiger partial charge in [0, 0.05) is 24.8 Å². The Balaban J connectivity index is 1.83. The van der Waals surface area contributed by atoms with Gasteiger partial charge in [-0.1, -0.05) is 6.07 Å². The molecule has 0 aliphatic heterocycles. The van der Waals surface area contributed by atoms with Crippen LogP contribution in [0.15, 0.2) is 30.6 Å². The van der Waals surface area contributed by atoms with Gasteiger partial charge in [-0.2, -0.15) is 5.10 Å². The van der Waals surface area contributed by atoms with Crippen LogP contribution in [0.2, 0.25) is 0 Å². The van der Waals surface area contributed by atoms with E-state index < -0.39 is 0 Å². The van der Waals surface area contributed by atoms with Crippen LogP contribution in [0.25, 0.3) is 5.52 Å². The highest BCUT2D eigenvalue weighted by atomic mass is 16.5. The molecule has 0 radical (unpaired) electrons. The van der Waals surface area contributed by atoms with E-state index >= 15 is 0 Å². The lowest BCUT2D eigenvalue weighted by molar-refractivity contribution is 0.0807. The normalized spacial score (nSPS) is 11.5. The van der Waals surface area contributed by atoms with Gasteiger partial charge in [0.25, 0.3) is 0 Å². The van der Waals surface area contributed by atoms with Crippen LogP contribution in [-0.4, -0.2) is 28.9 Å². The molecule has 0 spiro atoms. The molecule has 2 aromatic rings. The Morgan fingerprint density at radius 3 is 3.12 bits per heavy atom. The fourth-order valence-electron chi connectivity index (χ4n) is 1.71. The summed E-state index contributed by atoms with van der Waals surface area (Å²) in [5.74, 6) is 0. The van der Waals surface area contributed by atoms with Crippen LogP contribution in [0.3, 0.4) is 0 Å². The van der Waals surface area contributed by atoms with Crippen molar-refractivity contribution in [1.82, 2.24) is 14.9 Å². The van der Waals surface area contributed by atoms with Crippen molar-refractivity contribution >= 4 is 5.52 Å². The number of aromatic nitrogens is 2. The number of pyridine rings is 1. The summed E-state index contributed by atoms with van der Waals surface area (Å²) in [7, 11) is 0. The molecule has 0 aromatic carbocycles. The molecule has 1 N–H and O–H groups in total. The van der Waals surface area contributed by atoms with Gasteiger partial charge < -0.3 is 10.1 Å². The monoisotopic (exact) mass is 233 g/mol. The van der Waals surface area contributed by atoms with Gasteiger partial charge in [0.2, 0.25) is 0 Å². The summed E-state index contributed by atoms with van der Waals surface area (Å²) in [6.45, 7) is 6.53. The summed E-state index contributed by atoms with van der Waals surface area (Å²) in [6, 6.07) is 6.09. The Labute approximate surface area is 102 Å². The molecule has 0 atom stereocenters. The van der Waals surface area contributed by atoms with E-state index in [9.17, 15) is 0 Å². The molecule has 2 aromatic heterocycles. The van der Waals surface area contributed by atoms with E-state index in [-0.39, 0.29) is 0 Å². The molecule has 0 bridgehead atoms. The topological polar surface area (TPSA) is 38.6 Å². The number of rotatable bonds is 6. The first-order valence-corrected chi connectivity index (χ1v) is 6.01. The number of nitrogens with zero attached hydrogens (tertiary/aromatic N) is 2. The summed E-state index contributed by atoms with van der Waals surface area (Å²) >= 11 is 0. The largest absolute Gasteiger partial charge is 0.377 e. The number of hydrogen-bond donors (Lipinski definition) is 1. The zero-order valence-electron chi connectivity index (χ0n) is 10.4. The summed E-state index contributed by atoms with van der Waals surface area (Å²) < 4.78 is 7.36. The van der Waals surface area contributed by atoms with E-state index in [0.29, 0.717) is 6.10 Å². The number of hydrogen-bond acceptors (Lipinski definition) is 3. The molecular weight excluding hydrogens is 214 g/mol. The molecule has 2 rings (SSSR count). The fraction of sp³-hybridized carbons (Fsp3) is 0.462. The van der Waals surface area contributed by atoms with E-state index in [0.717, 1.165) is 25.2 Å². The second-order valence-corrected chi connectivity index (χ2v) is 4.30. The lowest BCUT2D eigenvalue weighted by Crippen LogP contribution is -2.20. The Kier molecular flexibility index (Phi) is 4.12. The van der Waals surface area contributed by atoms with Crippen molar-refractivity contribution in [3.8, 4) is 0 Å². The van der Waals surface area contributed by atoms with Gasteiger partial charge in [0.1, 0.15) is 0 Å². The lowest BCUT2D eigenvalue weighted by Gasteiger charge is -2.07. The second-order valence-electron chi connectivity index (χ2n) is 4.30. The molecular formula is C13H19N3O. The van der Waals surface area contributed by atoms with Crippen LogP contribution in [0.4, 0.5) is 0 Å². The molecule has 0 saturated carbocycles. The maximum Gasteiger partial charge on any atom is 0.0706 e. The third kappa shape index (κ3) is 3.28. The Bertz CT molecular complexity index is 464. The summed E-state index contributed by atoms with van der Waals surface area (Å²) in [5, 5.41) is 7.65. The van der Waals surface area contributed by atoms with Crippen LogP contribution in [0.5, 0.6) is 0 Å². The maximum absolute atomic E-state index is 5.47. The number of fused-ring (bicyclic) bond motifs is 1. The van der Waals surface area contributed by atoms with Crippen LogP contribution < -0.4 is 5.32 Å². The van der Waals surface area contributed by atoms with Crippen LogP contribution in [0.1, 0.15) is 19.4 Å². The smallest absolute Gasteiger partial charge is 0.0706 e. The zero-order chi connectivity index (χ0) is 12.1. The molecule has 0 aliphatic rings. The van der Waals surface area contributed by atoms with Gasteiger partial charge in [-0.3, -0.25) is 0 Å². The summed E-state index contributed by atoms with van der Waals surface area (Å²) in [5.41, 5.74) is 2.37. The highest BCUT2D eigenvalue weighted by molar-refractivity contribution is 5.53. The van der Waals surface area contributed by atoms with Gasteiger partial charge in [-0.25, -0.2) is 4.52 Å². The van der Waals surface area contributed by atoms with Gasteiger partial charge in [-0.15, -0.1) is 0 Å². The molecule has 17 heavy (non-hydrogen) atoms. The van der Waals surface area contributed by atoms with Crippen molar-refractivity contribution in [2.45, 2.75) is 26.5 Å². The minimum Gasteiger partial charge on any atom is -0.377 e. The van der Waals surface area contributed by atoms with Crippen molar-refractivity contribution in [2.75, 3.05) is 13.2 Å². The van der Waals surface area contributed by atoms with E-state index in [1.807, 2.05) is 42.9 Å². The Morgan fingerprint density at radius 2 is 2.29 bits per heavy atom. The fourth-order valence-corrected chi connectivity index (χ4v) is 1.71. The van der Waals surface area contributed by atoms with Gasteiger partial charge in [0.05, 0.1) is 24.4 Å². The van der Waals surface area contributed by atoms with E-state index in [4.69, 9.17) is 4.74 Å². The molecule has 4 nitrogen and oxygen atoms in total. The molecule has 0 unspecified atom stereocenters. The first-order chi connectivity index (χ1) is 8.27. The van der Waals surface area contributed by atoms with Gasteiger partial charge >= 0.3 is 0 Å².